The molecule has 1 rings (SSSR count). The number of hydrogen-bond acceptors (Lipinski definition) is 2. The van der Waals surface area contributed by atoms with Gasteiger partial charge < -0.3 is 10.8 Å². The molecule has 1 aromatic carbocycles. The van der Waals surface area contributed by atoms with Crippen LogP contribution in [-0.2, 0) is 11.0 Å². The van der Waals surface area contributed by atoms with E-state index in [-0.39, 0.29) is 5.56 Å². The Balaban J connectivity index is 3.04. The van der Waals surface area contributed by atoms with Gasteiger partial charge in [0.15, 0.2) is 6.17 Å². The second kappa shape index (κ2) is 5.88. The molecule has 0 aliphatic rings. The van der Waals surface area contributed by atoms with Crippen molar-refractivity contribution in [2.75, 3.05) is 0 Å². The number of halogens is 5. The maximum Gasteiger partial charge on any atom is 0.419 e. The van der Waals surface area contributed by atoms with Crippen molar-refractivity contribution in [1.29, 1.82) is 0 Å². The van der Waals surface area contributed by atoms with E-state index in [1.165, 1.54) is 0 Å². The van der Waals surface area contributed by atoms with Crippen molar-refractivity contribution < 1.29 is 31.9 Å². The first kappa shape index (κ1) is 15.9. The van der Waals surface area contributed by atoms with Gasteiger partial charge in [0, 0.05) is 5.56 Å². The van der Waals surface area contributed by atoms with Gasteiger partial charge in [0.2, 0.25) is 0 Å². The molecular weight excluding hydrogens is 285 g/mol. The molecule has 0 saturated heterocycles. The quantitative estimate of drug-likeness (QED) is 0.647. The lowest BCUT2D eigenvalue weighted by atomic mass is 10.1. The van der Waals surface area contributed by atoms with Crippen LogP contribution in [0.15, 0.2) is 18.2 Å². The Morgan fingerprint density at radius 2 is 1.95 bits per heavy atom. The highest BCUT2D eigenvalue weighted by molar-refractivity contribution is 5.74. The third kappa shape index (κ3) is 3.93. The first-order valence-corrected chi connectivity index (χ1v) is 5.13. The predicted molar refractivity (Wildman–Crippen MR) is 58.8 cm³/mol. The van der Waals surface area contributed by atoms with Crippen LogP contribution in [0.1, 0.15) is 11.1 Å². The van der Waals surface area contributed by atoms with E-state index in [2.05, 4.69) is 0 Å². The zero-order valence-electron chi connectivity index (χ0n) is 9.71. The molecule has 0 spiro atoms. The molecular formula is C12H8F5NO2. The van der Waals surface area contributed by atoms with Crippen molar-refractivity contribution in [2.24, 2.45) is 5.73 Å². The lowest BCUT2D eigenvalue weighted by Gasteiger charge is -2.08. The van der Waals surface area contributed by atoms with E-state index < -0.39 is 35.7 Å². The summed E-state index contributed by atoms with van der Waals surface area (Å²) in [6, 6.07) is -0.0557. The van der Waals surface area contributed by atoms with Crippen molar-refractivity contribution in [2.45, 2.75) is 18.4 Å². The number of aliphatic carboxylic acids is 1. The fraction of sp³-hybridized carbons (Fsp3) is 0.250. The summed E-state index contributed by atoms with van der Waals surface area (Å²) < 4.78 is 63.3. The number of rotatable bonds is 2. The number of carboxylic acid groups (broad SMARTS) is 1. The minimum Gasteiger partial charge on any atom is -0.480 e. The number of nitrogens with two attached hydrogens (primary N) is 1. The predicted octanol–water partition coefficient (Wildman–Crippen LogP) is 1.95. The number of carboxylic acids is 1. The SMILES string of the molecule is N[C@H](C(=O)O)[C@H](F)C#Cc1ccc(F)c(C(F)(F)F)c1. The Morgan fingerprint density at radius 1 is 1.35 bits per heavy atom. The Morgan fingerprint density at radius 3 is 2.45 bits per heavy atom. The Labute approximate surface area is 110 Å². The number of hydrogen-bond donors (Lipinski definition) is 2. The number of carbonyl (C=O) groups is 1. The van der Waals surface area contributed by atoms with Crippen LogP contribution in [0, 0.1) is 17.7 Å². The van der Waals surface area contributed by atoms with Crippen molar-refractivity contribution in [3.63, 3.8) is 0 Å². The van der Waals surface area contributed by atoms with E-state index in [0.717, 1.165) is 6.07 Å². The maximum atomic E-state index is 13.2. The van der Waals surface area contributed by atoms with Crippen molar-refractivity contribution >= 4 is 5.97 Å². The summed E-state index contributed by atoms with van der Waals surface area (Å²) in [5, 5.41) is 8.41. The van der Waals surface area contributed by atoms with E-state index in [1.807, 2.05) is 5.92 Å². The van der Waals surface area contributed by atoms with Gasteiger partial charge in [-0.3, -0.25) is 4.79 Å². The first-order valence-electron chi connectivity index (χ1n) is 5.13. The fourth-order valence-electron chi connectivity index (χ4n) is 1.19. The minimum atomic E-state index is -4.91. The molecule has 0 heterocycles. The average molecular weight is 293 g/mol. The average Bonchev–Trinajstić information content (AvgIpc) is 2.34. The minimum absolute atomic E-state index is 0.307. The molecule has 0 aliphatic carbocycles. The molecule has 0 radical (unpaired) electrons. The van der Waals surface area contributed by atoms with Crippen LogP contribution < -0.4 is 5.73 Å². The molecule has 0 saturated carbocycles. The van der Waals surface area contributed by atoms with E-state index in [0.29, 0.717) is 12.1 Å². The van der Waals surface area contributed by atoms with Crippen LogP contribution in [0.3, 0.4) is 0 Å². The van der Waals surface area contributed by atoms with E-state index in [9.17, 15) is 26.7 Å². The molecule has 0 bridgehead atoms. The second-order valence-corrected chi connectivity index (χ2v) is 3.73. The molecule has 2 atom stereocenters. The molecule has 20 heavy (non-hydrogen) atoms. The van der Waals surface area contributed by atoms with Crippen LogP contribution in [0.4, 0.5) is 22.0 Å². The molecule has 1 aromatic rings. The highest BCUT2D eigenvalue weighted by Crippen LogP contribution is 2.31. The summed E-state index contributed by atoms with van der Waals surface area (Å²) >= 11 is 0. The topological polar surface area (TPSA) is 63.3 Å². The summed E-state index contributed by atoms with van der Waals surface area (Å²) in [5.41, 5.74) is 3.08. The zero-order valence-corrected chi connectivity index (χ0v) is 9.71. The molecule has 3 nitrogen and oxygen atoms in total. The normalized spacial score (nSPS) is 14.1. The zero-order chi connectivity index (χ0) is 15.5. The lowest BCUT2D eigenvalue weighted by molar-refractivity contribution is -0.140. The molecule has 108 valence electrons. The summed E-state index contributed by atoms with van der Waals surface area (Å²) in [4.78, 5) is 10.4. The Kier molecular flexibility index (Phi) is 4.68. The standard InChI is InChI=1S/C12H8F5NO2/c13-8-3-1-6(5-7(8)12(15,16)17)2-4-9(14)10(18)11(19)20/h1,3,5,9-10H,18H2,(H,19,20)/t9-,10+/m1/s1. The summed E-state index contributed by atoms with van der Waals surface area (Å²) in [6.07, 6.45) is -7.17. The van der Waals surface area contributed by atoms with Crippen LogP contribution in [0.2, 0.25) is 0 Å². The van der Waals surface area contributed by atoms with Gasteiger partial charge in [0.1, 0.15) is 11.9 Å². The third-order valence-corrected chi connectivity index (χ3v) is 2.23. The Hall–Kier alpha value is -2.14. The van der Waals surface area contributed by atoms with E-state index in [4.69, 9.17) is 10.8 Å². The van der Waals surface area contributed by atoms with Gasteiger partial charge in [-0.2, -0.15) is 13.2 Å². The van der Waals surface area contributed by atoms with E-state index >= 15 is 0 Å². The highest BCUT2D eigenvalue weighted by Gasteiger charge is 2.34. The van der Waals surface area contributed by atoms with Gasteiger partial charge in [-0.15, -0.1) is 0 Å². The Bertz CT molecular complexity index is 573. The molecule has 3 N–H and O–H groups in total. The largest absolute Gasteiger partial charge is 0.480 e. The smallest absolute Gasteiger partial charge is 0.419 e. The molecule has 0 aliphatic heterocycles. The molecule has 0 fully saturated rings. The third-order valence-electron chi connectivity index (χ3n) is 2.23. The second-order valence-electron chi connectivity index (χ2n) is 3.73. The lowest BCUT2D eigenvalue weighted by Crippen LogP contribution is -2.38. The molecule has 0 unspecified atom stereocenters. The van der Waals surface area contributed by atoms with Gasteiger partial charge in [-0.05, 0) is 18.2 Å². The van der Waals surface area contributed by atoms with Gasteiger partial charge in [0.25, 0.3) is 0 Å². The van der Waals surface area contributed by atoms with Crippen molar-refractivity contribution in [3.05, 3.63) is 35.1 Å². The monoisotopic (exact) mass is 293 g/mol. The van der Waals surface area contributed by atoms with Crippen LogP contribution >= 0.6 is 0 Å². The van der Waals surface area contributed by atoms with Crippen molar-refractivity contribution in [3.8, 4) is 11.8 Å². The molecule has 8 heteroatoms. The summed E-state index contributed by atoms with van der Waals surface area (Å²) in [6.45, 7) is 0. The summed E-state index contributed by atoms with van der Waals surface area (Å²) in [7, 11) is 0. The first-order chi connectivity index (χ1) is 9.12. The molecule has 0 aromatic heterocycles. The molecule has 0 amide bonds. The number of benzene rings is 1. The van der Waals surface area contributed by atoms with Crippen LogP contribution in [0.5, 0.6) is 0 Å². The van der Waals surface area contributed by atoms with Gasteiger partial charge in [-0.1, -0.05) is 11.8 Å². The van der Waals surface area contributed by atoms with Crippen LogP contribution in [0.25, 0.3) is 0 Å². The van der Waals surface area contributed by atoms with Gasteiger partial charge in [-0.25, -0.2) is 8.78 Å². The highest BCUT2D eigenvalue weighted by atomic mass is 19.4. The van der Waals surface area contributed by atoms with Crippen molar-refractivity contribution in [1.82, 2.24) is 0 Å². The van der Waals surface area contributed by atoms with Gasteiger partial charge in [0.05, 0.1) is 5.56 Å². The summed E-state index contributed by atoms with van der Waals surface area (Å²) in [5.74, 6) is 0.629. The number of alkyl halides is 4. The van der Waals surface area contributed by atoms with Crippen LogP contribution in [-0.4, -0.2) is 23.3 Å². The van der Waals surface area contributed by atoms with E-state index in [1.54, 1.807) is 5.92 Å². The van der Waals surface area contributed by atoms with Gasteiger partial charge >= 0.3 is 12.1 Å². The fourth-order valence-corrected chi connectivity index (χ4v) is 1.19. The maximum absolute atomic E-state index is 13.2.